The van der Waals surface area contributed by atoms with Gasteiger partial charge in [-0.25, -0.2) is 4.98 Å². The van der Waals surface area contributed by atoms with Gasteiger partial charge in [0.25, 0.3) is 0 Å². The van der Waals surface area contributed by atoms with E-state index >= 15 is 0 Å². The van der Waals surface area contributed by atoms with Gasteiger partial charge in [-0.15, -0.1) is 24.8 Å². The minimum Gasteiger partial charge on any atom is -0.487 e. The van der Waals surface area contributed by atoms with Gasteiger partial charge in [-0.2, -0.15) is 0 Å². The van der Waals surface area contributed by atoms with Crippen LogP contribution in [0.1, 0.15) is 49.8 Å². The fraction of sp³-hybridized carbons (Fsp3) is 0.433. The van der Waals surface area contributed by atoms with Crippen LogP contribution in [-0.4, -0.2) is 54.9 Å². The number of pyridine rings is 1. The number of likely N-dealkylation sites (N-methyl/N-ethyl adjacent to an activating group) is 2. The number of rotatable bonds is 9. The van der Waals surface area contributed by atoms with Crippen molar-refractivity contribution in [2.24, 2.45) is 0 Å². The lowest BCUT2D eigenvalue weighted by atomic mass is 10.1. The third kappa shape index (κ3) is 9.10. The van der Waals surface area contributed by atoms with Gasteiger partial charge in [0.05, 0.1) is 35.0 Å². The van der Waals surface area contributed by atoms with Crippen LogP contribution in [-0.2, 0) is 16.2 Å². The summed E-state index contributed by atoms with van der Waals surface area (Å²) in [6.45, 7) is 2.14. The predicted molar refractivity (Wildman–Crippen MR) is 172 cm³/mol. The molecule has 0 spiro atoms. The van der Waals surface area contributed by atoms with Crippen molar-refractivity contribution in [3.8, 4) is 5.75 Å². The summed E-state index contributed by atoms with van der Waals surface area (Å²) in [7, 11) is 3.61. The molecule has 0 bridgehead atoms. The number of carbonyl (C=O) groups is 2. The van der Waals surface area contributed by atoms with Gasteiger partial charge < -0.3 is 15.0 Å². The number of fused-ring (bicyclic) bond motifs is 1. The molecule has 3 aromatic rings. The van der Waals surface area contributed by atoms with E-state index in [-0.39, 0.29) is 56.3 Å². The number of ether oxygens (including phenoxy) is 1. The standard InChI is InChI=1S/C30H36Cl2N4O3.2ClH/c1-20-27(16-21-10-8-9-13-25(21)34-20)39-19-23-24(31)14-15-26(30(23)32)36(3)29(38)17-33-28(37)18-35(2)22-11-6-4-5-7-12-22;;/h8-10,13-16,22H,4-7,11-12,17-19H2,1-3H3,(H,33,37);2*1H. The first-order valence-corrected chi connectivity index (χ1v) is 14.2. The number of hydrogen-bond acceptors (Lipinski definition) is 5. The lowest BCUT2D eigenvalue weighted by Crippen LogP contribution is -2.44. The lowest BCUT2D eigenvalue weighted by molar-refractivity contribution is -0.125. The zero-order valence-electron chi connectivity index (χ0n) is 23.6. The second-order valence-corrected chi connectivity index (χ2v) is 11.0. The highest BCUT2D eigenvalue weighted by atomic mass is 35.5. The molecule has 0 aliphatic heterocycles. The van der Waals surface area contributed by atoms with Crippen LogP contribution in [0.4, 0.5) is 5.69 Å². The Balaban J connectivity index is 0.00000294. The maximum absolute atomic E-state index is 12.9. The van der Waals surface area contributed by atoms with E-state index in [2.05, 4.69) is 15.2 Å². The van der Waals surface area contributed by atoms with Crippen LogP contribution in [0.3, 0.4) is 0 Å². The van der Waals surface area contributed by atoms with Crippen LogP contribution in [0.25, 0.3) is 10.9 Å². The van der Waals surface area contributed by atoms with Gasteiger partial charge in [-0.05, 0) is 51.1 Å². The number of para-hydroxylation sites is 1. The van der Waals surface area contributed by atoms with E-state index in [1.165, 1.54) is 30.6 Å². The number of nitrogens with zero attached hydrogens (tertiary/aromatic N) is 3. The number of anilines is 1. The number of aromatic nitrogens is 1. The summed E-state index contributed by atoms with van der Waals surface area (Å²) < 4.78 is 6.07. The molecule has 224 valence electrons. The average molecular weight is 644 g/mol. The maximum Gasteiger partial charge on any atom is 0.246 e. The minimum absolute atomic E-state index is 0. The summed E-state index contributed by atoms with van der Waals surface area (Å²) in [5.74, 6) is 0.178. The summed E-state index contributed by atoms with van der Waals surface area (Å²) in [6, 6.07) is 13.6. The number of benzene rings is 2. The first-order chi connectivity index (χ1) is 18.7. The molecule has 0 unspecified atom stereocenters. The number of hydrogen-bond donors (Lipinski definition) is 1. The Bertz CT molecular complexity index is 1330. The van der Waals surface area contributed by atoms with Gasteiger partial charge in [0.2, 0.25) is 11.8 Å². The Morgan fingerprint density at radius 1 is 1.02 bits per heavy atom. The highest BCUT2D eigenvalue weighted by Crippen LogP contribution is 2.35. The third-order valence-corrected chi connectivity index (χ3v) is 8.19. The molecule has 0 saturated heterocycles. The predicted octanol–water partition coefficient (Wildman–Crippen LogP) is 7.01. The first kappa shape index (κ1) is 34.9. The molecule has 4 rings (SSSR count). The summed E-state index contributed by atoms with van der Waals surface area (Å²) in [5, 5.41) is 4.49. The van der Waals surface area contributed by atoms with Gasteiger partial charge in [0.1, 0.15) is 12.4 Å². The van der Waals surface area contributed by atoms with Crippen molar-refractivity contribution < 1.29 is 14.3 Å². The summed E-state index contributed by atoms with van der Waals surface area (Å²) >= 11 is 13.2. The molecule has 1 aromatic heterocycles. The van der Waals surface area contributed by atoms with Gasteiger partial charge in [0, 0.05) is 29.1 Å². The molecule has 1 aliphatic rings. The van der Waals surface area contributed by atoms with Crippen LogP contribution in [0, 0.1) is 6.92 Å². The lowest BCUT2D eigenvalue weighted by Gasteiger charge is -2.26. The minimum atomic E-state index is -0.286. The topological polar surface area (TPSA) is 74.8 Å². The van der Waals surface area contributed by atoms with E-state index in [0.717, 1.165) is 29.4 Å². The second kappa shape index (κ2) is 16.4. The molecule has 0 radical (unpaired) electrons. The van der Waals surface area contributed by atoms with Crippen molar-refractivity contribution in [2.75, 3.05) is 32.1 Å². The first-order valence-electron chi connectivity index (χ1n) is 13.4. The molecule has 1 saturated carbocycles. The van der Waals surface area contributed by atoms with E-state index < -0.39 is 0 Å². The average Bonchev–Trinajstić information content (AvgIpc) is 3.21. The monoisotopic (exact) mass is 642 g/mol. The van der Waals surface area contributed by atoms with Gasteiger partial charge in [-0.3, -0.25) is 14.5 Å². The van der Waals surface area contributed by atoms with E-state index in [0.29, 0.717) is 33.1 Å². The Morgan fingerprint density at radius 3 is 2.41 bits per heavy atom. The molecule has 1 fully saturated rings. The summed E-state index contributed by atoms with van der Waals surface area (Å²) in [4.78, 5) is 33.6. The molecule has 2 aromatic carbocycles. The normalized spacial score (nSPS) is 13.6. The number of nitrogens with one attached hydrogen (secondary N) is 1. The number of halogens is 4. The van der Waals surface area contributed by atoms with Crippen molar-refractivity contribution in [3.05, 3.63) is 63.8 Å². The van der Waals surface area contributed by atoms with Crippen LogP contribution in [0.2, 0.25) is 10.0 Å². The molecule has 2 amide bonds. The number of amides is 2. The third-order valence-electron chi connectivity index (χ3n) is 7.42. The second-order valence-electron chi connectivity index (χ2n) is 10.2. The summed E-state index contributed by atoms with van der Waals surface area (Å²) in [6.07, 6.45) is 7.16. The van der Waals surface area contributed by atoms with E-state index in [9.17, 15) is 9.59 Å². The highest BCUT2D eigenvalue weighted by Gasteiger charge is 2.22. The molecular weight excluding hydrogens is 606 g/mol. The molecule has 0 atom stereocenters. The smallest absolute Gasteiger partial charge is 0.246 e. The van der Waals surface area contributed by atoms with Crippen molar-refractivity contribution in [2.45, 2.75) is 58.1 Å². The molecule has 1 aliphatic carbocycles. The quantitative estimate of drug-likeness (QED) is 0.254. The van der Waals surface area contributed by atoms with Crippen LogP contribution in [0.15, 0.2) is 42.5 Å². The maximum atomic E-state index is 12.9. The van der Waals surface area contributed by atoms with Crippen LogP contribution < -0.4 is 15.0 Å². The van der Waals surface area contributed by atoms with Crippen LogP contribution in [0.5, 0.6) is 5.75 Å². The van der Waals surface area contributed by atoms with Gasteiger partial charge >= 0.3 is 0 Å². The van der Waals surface area contributed by atoms with Gasteiger partial charge in [-0.1, -0.05) is 67.1 Å². The number of carbonyl (C=O) groups excluding carboxylic acids is 2. The van der Waals surface area contributed by atoms with Gasteiger partial charge in [0.15, 0.2) is 0 Å². The van der Waals surface area contributed by atoms with Crippen molar-refractivity contribution in [1.82, 2.24) is 15.2 Å². The van der Waals surface area contributed by atoms with E-state index in [1.807, 2.05) is 44.3 Å². The number of aryl methyl sites for hydroxylation is 1. The van der Waals surface area contributed by atoms with Crippen molar-refractivity contribution >= 4 is 76.4 Å². The van der Waals surface area contributed by atoms with Crippen molar-refractivity contribution in [1.29, 1.82) is 0 Å². The zero-order valence-corrected chi connectivity index (χ0v) is 26.8. The Kier molecular flexibility index (Phi) is 13.9. The highest BCUT2D eigenvalue weighted by molar-refractivity contribution is 6.38. The molecular formula is C30H38Cl4N4O3. The zero-order chi connectivity index (χ0) is 27.9. The van der Waals surface area contributed by atoms with E-state index in [1.54, 1.807) is 19.2 Å². The Morgan fingerprint density at radius 2 is 1.71 bits per heavy atom. The molecule has 41 heavy (non-hydrogen) atoms. The molecule has 11 heteroatoms. The molecule has 1 N–H and O–H groups in total. The molecule has 1 heterocycles. The van der Waals surface area contributed by atoms with E-state index in [4.69, 9.17) is 27.9 Å². The van der Waals surface area contributed by atoms with Crippen LogP contribution >= 0.6 is 48.0 Å². The fourth-order valence-corrected chi connectivity index (χ4v) is 5.61. The Labute approximate surface area is 264 Å². The molecule has 7 nitrogen and oxygen atoms in total. The fourth-order valence-electron chi connectivity index (χ4n) is 5.00. The Hall–Kier alpha value is -2.29. The SMILES string of the molecule is Cc1nc2ccccc2cc1OCc1c(Cl)ccc(N(C)C(=O)CNC(=O)CN(C)C2CCCCCC2)c1Cl.Cl.Cl. The van der Waals surface area contributed by atoms with Crippen molar-refractivity contribution in [3.63, 3.8) is 0 Å². The summed E-state index contributed by atoms with van der Waals surface area (Å²) in [5.41, 5.74) is 2.70. The largest absolute Gasteiger partial charge is 0.487 e.